The van der Waals surface area contributed by atoms with Crippen LogP contribution in [0.2, 0.25) is 0 Å². The molecule has 116 valence electrons. The van der Waals surface area contributed by atoms with Gasteiger partial charge in [0, 0.05) is 17.6 Å². The van der Waals surface area contributed by atoms with E-state index in [0.29, 0.717) is 5.69 Å². The van der Waals surface area contributed by atoms with Crippen molar-refractivity contribution in [1.29, 1.82) is 0 Å². The molecule has 0 radical (unpaired) electrons. The number of alkyl halides is 3. The highest BCUT2D eigenvalue weighted by Crippen LogP contribution is 2.42. The minimum atomic E-state index is -1.66. The Hall–Kier alpha value is -0.400. The number of benzene rings is 1. The third kappa shape index (κ3) is 4.07. The van der Waals surface area contributed by atoms with Crippen LogP contribution in [0.4, 0.5) is 14.9 Å². The standard InChI is InChI=1S/C12H13Cl3FN3OS/c1-7(2)10-17-19(21-12(13,14)15)11(20)18(10)9-5-3-8(16)4-6-9/h3-7,10,17H,1-2H3. The molecule has 1 unspecified atom stereocenters. The van der Waals surface area contributed by atoms with Crippen molar-refractivity contribution in [1.82, 2.24) is 9.84 Å². The summed E-state index contributed by atoms with van der Waals surface area (Å²) >= 11 is 17.9. The largest absolute Gasteiger partial charge is 0.350 e. The van der Waals surface area contributed by atoms with Crippen molar-refractivity contribution in [2.75, 3.05) is 4.90 Å². The molecule has 1 saturated heterocycles. The summed E-state index contributed by atoms with van der Waals surface area (Å²) in [7, 11) is 0. The molecule has 9 heteroatoms. The molecule has 1 N–H and O–H groups in total. The highest BCUT2D eigenvalue weighted by molar-refractivity contribution is 8.03. The van der Waals surface area contributed by atoms with Crippen LogP contribution in [0.25, 0.3) is 0 Å². The van der Waals surface area contributed by atoms with Crippen LogP contribution in [-0.2, 0) is 0 Å². The molecule has 2 rings (SSSR count). The maximum absolute atomic E-state index is 13.0. The van der Waals surface area contributed by atoms with E-state index in [2.05, 4.69) is 5.43 Å². The van der Waals surface area contributed by atoms with Crippen LogP contribution in [0.1, 0.15) is 13.8 Å². The van der Waals surface area contributed by atoms with Crippen LogP contribution in [0.3, 0.4) is 0 Å². The molecule has 1 aromatic carbocycles. The molecule has 0 spiro atoms. The summed E-state index contributed by atoms with van der Waals surface area (Å²) in [5.74, 6) is -0.271. The van der Waals surface area contributed by atoms with E-state index in [0.717, 1.165) is 11.9 Å². The van der Waals surface area contributed by atoms with Gasteiger partial charge in [0.05, 0.1) is 0 Å². The van der Waals surface area contributed by atoms with E-state index >= 15 is 0 Å². The number of hydrogen-bond donors (Lipinski definition) is 1. The Kier molecular flexibility index (Phi) is 5.15. The van der Waals surface area contributed by atoms with Gasteiger partial charge in [-0.05, 0) is 30.2 Å². The first-order valence-corrected chi connectivity index (χ1v) is 8.00. The van der Waals surface area contributed by atoms with Gasteiger partial charge < -0.3 is 0 Å². The van der Waals surface area contributed by atoms with Crippen LogP contribution in [0, 0.1) is 11.7 Å². The monoisotopic (exact) mass is 371 g/mol. The molecule has 0 bridgehead atoms. The Morgan fingerprint density at radius 3 is 2.33 bits per heavy atom. The molecule has 0 aromatic heterocycles. The maximum Gasteiger partial charge on any atom is 0.350 e. The number of anilines is 1. The van der Waals surface area contributed by atoms with Crippen molar-refractivity contribution in [3.63, 3.8) is 0 Å². The zero-order valence-corrected chi connectivity index (χ0v) is 14.3. The van der Waals surface area contributed by atoms with Crippen molar-refractivity contribution >= 4 is 58.5 Å². The SMILES string of the molecule is CC(C)C1NN(SC(Cl)(Cl)Cl)C(=O)N1c1ccc(F)cc1. The Bertz CT molecular complexity index is 523. The molecular weight excluding hydrogens is 360 g/mol. The van der Waals surface area contributed by atoms with E-state index < -0.39 is 3.12 Å². The first kappa shape index (κ1) is 17.0. The number of nitrogens with one attached hydrogen (secondary N) is 1. The van der Waals surface area contributed by atoms with Gasteiger partial charge in [0.15, 0.2) is 0 Å². The first-order valence-electron chi connectivity index (χ1n) is 6.10. The quantitative estimate of drug-likeness (QED) is 0.625. The van der Waals surface area contributed by atoms with E-state index in [1.165, 1.54) is 33.6 Å². The molecule has 2 amide bonds. The second-order valence-electron chi connectivity index (χ2n) is 4.78. The lowest BCUT2D eigenvalue weighted by atomic mass is 10.1. The van der Waals surface area contributed by atoms with E-state index in [1.54, 1.807) is 0 Å². The number of hydrazine groups is 1. The minimum absolute atomic E-state index is 0.0972. The minimum Gasteiger partial charge on any atom is -0.275 e. The Morgan fingerprint density at radius 1 is 1.29 bits per heavy atom. The van der Waals surface area contributed by atoms with Gasteiger partial charge in [-0.2, -0.15) is 9.84 Å². The lowest BCUT2D eigenvalue weighted by Gasteiger charge is -2.25. The number of urea groups is 1. The van der Waals surface area contributed by atoms with Gasteiger partial charge in [0.1, 0.15) is 12.0 Å². The average molecular weight is 373 g/mol. The number of amides is 2. The van der Waals surface area contributed by atoms with Gasteiger partial charge in [0.2, 0.25) is 0 Å². The van der Waals surface area contributed by atoms with Crippen molar-refractivity contribution in [2.24, 2.45) is 5.92 Å². The molecule has 1 atom stereocenters. The smallest absolute Gasteiger partial charge is 0.275 e. The summed E-state index contributed by atoms with van der Waals surface area (Å²) in [5, 5.41) is 0. The fraction of sp³-hybridized carbons (Fsp3) is 0.417. The summed E-state index contributed by atoms with van der Waals surface area (Å²) in [6.07, 6.45) is -0.317. The summed E-state index contributed by atoms with van der Waals surface area (Å²) < 4.78 is 12.6. The van der Waals surface area contributed by atoms with Crippen LogP contribution in [0.5, 0.6) is 0 Å². The topological polar surface area (TPSA) is 35.6 Å². The average Bonchev–Trinajstić information content (AvgIpc) is 2.66. The van der Waals surface area contributed by atoms with Crippen LogP contribution in [-0.4, -0.2) is 19.7 Å². The van der Waals surface area contributed by atoms with Gasteiger partial charge in [-0.25, -0.2) is 9.18 Å². The number of carbonyl (C=O) groups is 1. The van der Waals surface area contributed by atoms with Gasteiger partial charge in [0.25, 0.3) is 3.12 Å². The molecule has 1 aliphatic rings. The molecule has 4 nitrogen and oxygen atoms in total. The molecule has 1 aliphatic heterocycles. The molecule has 0 saturated carbocycles. The fourth-order valence-corrected chi connectivity index (χ4v) is 3.09. The molecular formula is C12H13Cl3FN3OS. The maximum atomic E-state index is 13.0. The summed E-state index contributed by atoms with van der Waals surface area (Å²) in [4.78, 5) is 14.0. The highest BCUT2D eigenvalue weighted by atomic mass is 35.6. The Balaban J connectivity index is 2.29. The second kappa shape index (κ2) is 6.38. The van der Waals surface area contributed by atoms with Crippen LogP contribution in [0.15, 0.2) is 24.3 Å². The molecule has 1 heterocycles. The normalized spacial score (nSPS) is 19.8. The van der Waals surface area contributed by atoms with Gasteiger partial charge >= 0.3 is 6.03 Å². The number of halogens is 4. The number of hydrogen-bond acceptors (Lipinski definition) is 3. The predicted molar refractivity (Wildman–Crippen MR) is 85.8 cm³/mol. The second-order valence-corrected chi connectivity index (χ2v) is 8.89. The van der Waals surface area contributed by atoms with Crippen molar-refractivity contribution < 1.29 is 9.18 Å². The zero-order valence-electron chi connectivity index (χ0n) is 11.2. The third-order valence-electron chi connectivity index (χ3n) is 2.84. The molecule has 1 aromatic rings. The number of rotatable bonds is 3. The summed E-state index contributed by atoms with van der Waals surface area (Å²) in [5.41, 5.74) is 3.55. The van der Waals surface area contributed by atoms with Crippen LogP contribution < -0.4 is 10.3 Å². The lowest BCUT2D eigenvalue weighted by Crippen LogP contribution is -2.41. The summed E-state index contributed by atoms with van der Waals surface area (Å²) in [6, 6.07) is 5.29. The summed E-state index contributed by atoms with van der Waals surface area (Å²) in [6.45, 7) is 3.90. The van der Waals surface area contributed by atoms with Gasteiger partial charge in [-0.1, -0.05) is 48.7 Å². The van der Waals surface area contributed by atoms with Crippen molar-refractivity contribution in [3.8, 4) is 0 Å². The first-order chi connectivity index (χ1) is 9.69. The molecule has 0 aliphatic carbocycles. The van der Waals surface area contributed by atoms with Gasteiger partial charge in [-0.15, -0.1) is 0 Å². The Morgan fingerprint density at radius 2 is 1.86 bits per heavy atom. The Labute approximate surface area is 141 Å². The number of carbonyl (C=O) groups excluding carboxylic acids is 1. The molecule has 21 heavy (non-hydrogen) atoms. The zero-order chi connectivity index (χ0) is 15.8. The van der Waals surface area contributed by atoms with Crippen molar-refractivity contribution in [2.45, 2.75) is 23.1 Å². The highest BCUT2D eigenvalue weighted by Gasteiger charge is 2.43. The van der Waals surface area contributed by atoms with E-state index in [-0.39, 0.29) is 23.9 Å². The van der Waals surface area contributed by atoms with Crippen molar-refractivity contribution in [3.05, 3.63) is 30.1 Å². The molecule has 1 fully saturated rings. The third-order valence-corrected chi connectivity index (χ3v) is 4.11. The fourth-order valence-electron chi connectivity index (χ4n) is 1.94. The van der Waals surface area contributed by atoms with E-state index in [9.17, 15) is 9.18 Å². The lowest BCUT2D eigenvalue weighted by molar-refractivity contribution is 0.235. The van der Waals surface area contributed by atoms with Crippen LogP contribution >= 0.6 is 46.8 Å². The van der Waals surface area contributed by atoms with Gasteiger partial charge in [-0.3, -0.25) is 4.90 Å². The van der Waals surface area contributed by atoms with E-state index in [1.807, 2.05) is 13.8 Å². The van der Waals surface area contributed by atoms with E-state index in [4.69, 9.17) is 34.8 Å². The predicted octanol–water partition coefficient (Wildman–Crippen LogP) is 4.53. The number of nitrogens with zero attached hydrogens (tertiary/aromatic N) is 2.